The minimum atomic E-state index is -3.78. The molecule has 13 heteroatoms. The summed E-state index contributed by atoms with van der Waals surface area (Å²) in [7, 11) is -3.78. The molecule has 220 valence electrons. The molecule has 0 spiro atoms. The van der Waals surface area contributed by atoms with Gasteiger partial charge >= 0.3 is 0 Å². The van der Waals surface area contributed by atoms with Gasteiger partial charge in [-0.15, -0.1) is 0 Å². The molecule has 11 nitrogen and oxygen atoms in total. The van der Waals surface area contributed by atoms with E-state index in [0.717, 1.165) is 5.39 Å². The van der Waals surface area contributed by atoms with Crippen LogP contribution in [-0.4, -0.2) is 77.0 Å². The third kappa shape index (κ3) is 6.53. The lowest BCUT2D eigenvalue weighted by Gasteiger charge is -2.36. The number of halogens is 1. The smallest absolute Gasteiger partial charge is 0.253 e. The Labute approximate surface area is 242 Å². The zero-order valence-corrected chi connectivity index (χ0v) is 24.2. The first-order valence-corrected chi connectivity index (χ1v) is 15.1. The highest BCUT2D eigenvalue weighted by Crippen LogP contribution is 2.26. The van der Waals surface area contributed by atoms with Crippen LogP contribution in [0.25, 0.3) is 22.3 Å². The molecule has 4 aromatic heterocycles. The van der Waals surface area contributed by atoms with E-state index in [2.05, 4.69) is 15.3 Å². The predicted molar refractivity (Wildman–Crippen MR) is 154 cm³/mol. The normalized spacial score (nSPS) is 17.4. The number of carbonyl (C=O) groups is 1. The minimum absolute atomic E-state index is 0.00362. The van der Waals surface area contributed by atoms with Crippen molar-refractivity contribution in [2.75, 3.05) is 30.3 Å². The number of sulfone groups is 1. The molecule has 5 rings (SSSR count). The lowest BCUT2D eigenvalue weighted by molar-refractivity contribution is -0.00547. The monoisotopic (exact) mass is 594 g/mol. The van der Waals surface area contributed by atoms with Gasteiger partial charge in [0.2, 0.25) is 0 Å². The van der Waals surface area contributed by atoms with E-state index in [1.54, 1.807) is 18.3 Å². The van der Waals surface area contributed by atoms with Crippen molar-refractivity contribution >= 4 is 32.5 Å². The van der Waals surface area contributed by atoms with Crippen LogP contribution in [0.1, 0.15) is 35.6 Å². The van der Waals surface area contributed by atoms with Crippen molar-refractivity contribution < 1.29 is 27.4 Å². The number of aliphatic hydroxyl groups is 1. The van der Waals surface area contributed by atoms with Crippen LogP contribution >= 0.6 is 0 Å². The number of fused-ring (bicyclic) bond motifs is 1. The van der Waals surface area contributed by atoms with E-state index in [1.165, 1.54) is 31.3 Å². The molecule has 2 atom stereocenters. The van der Waals surface area contributed by atoms with Crippen LogP contribution in [0.2, 0.25) is 0 Å². The van der Waals surface area contributed by atoms with Gasteiger partial charge in [0.15, 0.2) is 9.84 Å². The fourth-order valence-electron chi connectivity index (χ4n) is 4.89. The van der Waals surface area contributed by atoms with Gasteiger partial charge in [0.1, 0.15) is 11.6 Å². The molecule has 0 radical (unpaired) electrons. The van der Waals surface area contributed by atoms with Crippen LogP contribution in [-0.2, 0) is 21.1 Å². The molecule has 5 heterocycles. The molecule has 0 saturated carbocycles. The molecule has 0 aromatic carbocycles. The molecule has 1 aliphatic heterocycles. The second kappa shape index (κ2) is 12.0. The summed E-state index contributed by atoms with van der Waals surface area (Å²) in [6.07, 6.45) is 2.91. The van der Waals surface area contributed by atoms with Crippen molar-refractivity contribution in [2.24, 2.45) is 0 Å². The zero-order chi connectivity index (χ0) is 30.0. The second-order valence-corrected chi connectivity index (χ2v) is 12.4. The number of carbonyl (C=O) groups excluding carboxylic acids is 1. The molecule has 1 amide bonds. The fraction of sp³-hybridized carbons (Fsp3) is 0.345. The molecule has 1 saturated heterocycles. The summed E-state index contributed by atoms with van der Waals surface area (Å²) in [6, 6.07) is 9.31. The van der Waals surface area contributed by atoms with Crippen molar-refractivity contribution in [1.29, 1.82) is 0 Å². The summed E-state index contributed by atoms with van der Waals surface area (Å²) in [5, 5.41) is 12.6. The number of nitrogens with zero attached hydrogens (tertiary/aromatic N) is 5. The number of nitrogens with one attached hydrogen (secondary N) is 1. The first kappa shape index (κ1) is 29.4. The van der Waals surface area contributed by atoms with Crippen LogP contribution in [0.15, 0.2) is 53.7 Å². The topological polar surface area (TPSA) is 148 Å². The zero-order valence-electron chi connectivity index (χ0n) is 23.4. The molecular formula is C29H31FN6O5S. The molecule has 0 bridgehead atoms. The summed E-state index contributed by atoms with van der Waals surface area (Å²) in [5.74, 6) is -0.895. The number of ether oxygens (including phenoxy) is 1. The number of anilines is 1. The molecule has 0 unspecified atom stereocenters. The maximum absolute atomic E-state index is 14.7. The number of hydrogen-bond acceptors (Lipinski definition) is 10. The Morgan fingerprint density at radius 1 is 1.07 bits per heavy atom. The predicted octanol–water partition coefficient (Wildman–Crippen LogP) is 2.84. The van der Waals surface area contributed by atoms with Gasteiger partial charge in [-0.2, -0.15) is 0 Å². The molecule has 1 fully saturated rings. The van der Waals surface area contributed by atoms with Gasteiger partial charge < -0.3 is 20.1 Å². The number of amides is 1. The highest BCUT2D eigenvalue weighted by molar-refractivity contribution is 7.91. The number of aliphatic hydroxyl groups excluding tert-OH is 1. The maximum atomic E-state index is 14.7. The maximum Gasteiger partial charge on any atom is 0.253 e. The number of aromatic nitrogens is 4. The van der Waals surface area contributed by atoms with Gasteiger partial charge in [0.25, 0.3) is 5.91 Å². The summed E-state index contributed by atoms with van der Waals surface area (Å²) in [5.41, 5.74) is 2.29. The summed E-state index contributed by atoms with van der Waals surface area (Å²) < 4.78 is 45.3. The van der Waals surface area contributed by atoms with Crippen molar-refractivity contribution in [3.05, 3.63) is 71.6 Å². The molecule has 2 N–H and O–H groups in total. The van der Waals surface area contributed by atoms with Crippen LogP contribution < -0.4 is 10.2 Å². The number of rotatable bonds is 8. The molecule has 1 aliphatic rings. The molecular weight excluding hydrogens is 563 g/mol. The van der Waals surface area contributed by atoms with Crippen molar-refractivity contribution in [2.45, 2.75) is 44.4 Å². The molecule has 42 heavy (non-hydrogen) atoms. The number of morpholine rings is 1. The fourth-order valence-corrected chi connectivity index (χ4v) is 6.16. The van der Waals surface area contributed by atoms with Crippen LogP contribution in [0.5, 0.6) is 0 Å². The van der Waals surface area contributed by atoms with Gasteiger partial charge in [-0.3, -0.25) is 14.8 Å². The summed E-state index contributed by atoms with van der Waals surface area (Å²) >= 11 is 0. The summed E-state index contributed by atoms with van der Waals surface area (Å²) in [4.78, 5) is 32.5. The lowest BCUT2D eigenvalue weighted by Crippen LogP contribution is -2.45. The van der Waals surface area contributed by atoms with E-state index in [9.17, 15) is 17.6 Å². The Morgan fingerprint density at radius 3 is 2.57 bits per heavy atom. The van der Waals surface area contributed by atoms with Crippen molar-refractivity contribution in [1.82, 2.24) is 25.3 Å². The second-order valence-electron chi connectivity index (χ2n) is 10.3. The third-order valence-electron chi connectivity index (χ3n) is 6.84. The molecule has 4 aromatic rings. The van der Waals surface area contributed by atoms with Gasteiger partial charge in [0.05, 0.1) is 69.9 Å². The minimum Gasteiger partial charge on any atom is -0.395 e. The van der Waals surface area contributed by atoms with Gasteiger partial charge in [-0.1, -0.05) is 0 Å². The van der Waals surface area contributed by atoms with Gasteiger partial charge in [0, 0.05) is 43.0 Å². The van der Waals surface area contributed by atoms with E-state index < -0.39 is 33.9 Å². The van der Waals surface area contributed by atoms with Crippen LogP contribution in [0.3, 0.4) is 0 Å². The first-order valence-electron chi connectivity index (χ1n) is 13.4. The average molecular weight is 595 g/mol. The molecule has 0 aliphatic carbocycles. The van der Waals surface area contributed by atoms with Gasteiger partial charge in [-0.25, -0.2) is 22.8 Å². The van der Waals surface area contributed by atoms with E-state index in [1.807, 2.05) is 24.8 Å². The first-order chi connectivity index (χ1) is 20.0. The van der Waals surface area contributed by atoms with E-state index >= 15 is 0 Å². The Hall–Kier alpha value is -4.07. The third-order valence-corrected chi connectivity index (χ3v) is 8.64. The number of hydrogen-bond donors (Lipinski definition) is 2. The highest BCUT2D eigenvalue weighted by atomic mass is 32.2. The van der Waals surface area contributed by atoms with Crippen LogP contribution in [0.4, 0.5) is 10.2 Å². The van der Waals surface area contributed by atoms with Gasteiger partial charge in [-0.05, 0) is 45.0 Å². The Bertz CT molecular complexity index is 1740. The summed E-state index contributed by atoms with van der Waals surface area (Å²) in [6.45, 7) is 6.18. The quantitative estimate of drug-likeness (QED) is 0.312. The van der Waals surface area contributed by atoms with Crippen LogP contribution in [0, 0.1) is 12.7 Å². The standard InChI is InChI=1S/C29H31FN6O5S/c1-17-15-36(16-18(2)41-17)28-10-22(30)9-26(35-28)24-5-4-20-12-32-23(11-25(20)34-24)14-33-29(38)21-8-27(19(3)31-13-21)42(39,40)7-6-37/h4-5,8-13,17-18,37H,6-7,14-16H2,1-3H3,(H,33,38)/t17-,18+. The van der Waals surface area contributed by atoms with Crippen molar-refractivity contribution in [3.63, 3.8) is 0 Å². The van der Waals surface area contributed by atoms with E-state index in [0.29, 0.717) is 41.5 Å². The van der Waals surface area contributed by atoms with Crippen molar-refractivity contribution in [3.8, 4) is 11.4 Å². The largest absolute Gasteiger partial charge is 0.395 e. The Morgan fingerprint density at radius 2 is 1.83 bits per heavy atom. The SMILES string of the molecule is Cc1ncc(C(=O)NCc2cc3nc(-c4cc(F)cc(N5C[C@@H](C)O[C@@H](C)C5)n4)ccc3cn2)cc1S(=O)(=O)CCO. The van der Waals surface area contributed by atoms with E-state index in [4.69, 9.17) is 19.8 Å². The lowest BCUT2D eigenvalue weighted by atomic mass is 10.1. The Kier molecular flexibility index (Phi) is 8.43. The number of aryl methyl sites for hydroxylation is 1. The average Bonchev–Trinajstić information content (AvgIpc) is 2.94. The van der Waals surface area contributed by atoms with E-state index in [-0.39, 0.29) is 34.9 Å². The Balaban J connectivity index is 1.35. The highest BCUT2D eigenvalue weighted by Gasteiger charge is 2.24. The number of pyridine rings is 4.